The first-order valence-electron chi connectivity index (χ1n) is 7.39. The van der Waals surface area contributed by atoms with Gasteiger partial charge in [-0.3, -0.25) is 0 Å². The van der Waals surface area contributed by atoms with E-state index < -0.39 is 6.16 Å². The van der Waals surface area contributed by atoms with Crippen molar-refractivity contribution in [3.05, 3.63) is 52.8 Å². The lowest BCUT2D eigenvalue weighted by Crippen LogP contribution is -2.17. The normalized spacial score (nSPS) is 11.1. The average molecular weight is 339 g/mol. The van der Waals surface area contributed by atoms with Crippen molar-refractivity contribution >= 4 is 22.7 Å². The van der Waals surface area contributed by atoms with Crippen LogP contribution in [-0.4, -0.2) is 37.4 Å². The number of benzene rings is 1. The van der Waals surface area contributed by atoms with Gasteiger partial charge in [0.15, 0.2) is 11.6 Å². The Bertz CT molecular complexity index is 1170. The molecule has 0 aliphatic rings. The molecule has 0 spiro atoms. The zero-order valence-electron chi connectivity index (χ0n) is 13.4. The molecule has 4 aromatic rings. The van der Waals surface area contributed by atoms with E-state index in [0.29, 0.717) is 27.9 Å². The Labute approximate surface area is 140 Å². The molecule has 126 valence electrons. The van der Waals surface area contributed by atoms with Crippen LogP contribution in [0, 0.1) is 6.92 Å². The third-order valence-corrected chi connectivity index (χ3v) is 3.92. The molecule has 0 aliphatic heterocycles. The highest BCUT2D eigenvalue weighted by Crippen LogP contribution is 2.28. The standard InChI is InChI=1S/C16H13N5O4/c1-9-12(25-16(23)24-2)7-20-13(9)14(17-8-18-20)21-11-6-4-3-5-10(11)19-15(21)22/h3-8H,1-2H3,(H,19,22). The molecule has 4 rings (SSSR count). The van der Waals surface area contributed by atoms with Crippen LogP contribution in [-0.2, 0) is 4.74 Å². The van der Waals surface area contributed by atoms with E-state index in [0.717, 1.165) is 0 Å². The number of nitrogens with one attached hydrogen (secondary N) is 1. The predicted molar refractivity (Wildman–Crippen MR) is 88.2 cm³/mol. The summed E-state index contributed by atoms with van der Waals surface area (Å²) >= 11 is 0. The lowest BCUT2D eigenvalue weighted by Gasteiger charge is -2.05. The maximum atomic E-state index is 12.5. The maximum absolute atomic E-state index is 12.5. The zero-order chi connectivity index (χ0) is 17.6. The lowest BCUT2D eigenvalue weighted by molar-refractivity contribution is 0.121. The number of imidazole rings is 1. The minimum absolute atomic E-state index is 0.279. The van der Waals surface area contributed by atoms with Crippen LogP contribution in [0.2, 0.25) is 0 Å². The lowest BCUT2D eigenvalue weighted by atomic mass is 10.3. The van der Waals surface area contributed by atoms with Crippen molar-refractivity contribution in [1.29, 1.82) is 0 Å². The van der Waals surface area contributed by atoms with Gasteiger partial charge in [0, 0.05) is 5.56 Å². The number of ether oxygens (including phenoxy) is 2. The zero-order valence-corrected chi connectivity index (χ0v) is 13.4. The van der Waals surface area contributed by atoms with Gasteiger partial charge in [0.1, 0.15) is 11.8 Å². The monoisotopic (exact) mass is 339 g/mol. The molecule has 0 saturated heterocycles. The SMILES string of the molecule is COC(=O)Oc1cn2ncnc(-n3c(=O)[nH]c4ccccc43)c2c1C. The van der Waals surface area contributed by atoms with Gasteiger partial charge in [0.25, 0.3) is 0 Å². The molecule has 0 atom stereocenters. The highest BCUT2D eigenvalue weighted by atomic mass is 16.7. The Hall–Kier alpha value is -3.62. The molecule has 0 amide bonds. The van der Waals surface area contributed by atoms with Crippen molar-refractivity contribution < 1.29 is 14.3 Å². The number of aromatic amines is 1. The Balaban J connectivity index is 2.01. The second-order valence-electron chi connectivity index (χ2n) is 5.33. The van der Waals surface area contributed by atoms with Crippen molar-refractivity contribution in [1.82, 2.24) is 24.1 Å². The van der Waals surface area contributed by atoms with Gasteiger partial charge in [0.2, 0.25) is 0 Å². The number of H-pyrrole nitrogens is 1. The second kappa shape index (κ2) is 5.48. The van der Waals surface area contributed by atoms with E-state index in [9.17, 15) is 9.59 Å². The summed E-state index contributed by atoms with van der Waals surface area (Å²) in [6.07, 6.45) is 2.03. The number of hydrogen-bond acceptors (Lipinski definition) is 6. The topological polar surface area (TPSA) is 104 Å². The van der Waals surface area contributed by atoms with E-state index >= 15 is 0 Å². The predicted octanol–water partition coefficient (Wildman–Crippen LogP) is 1.82. The summed E-state index contributed by atoms with van der Waals surface area (Å²) in [7, 11) is 1.23. The van der Waals surface area contributed by atoms with Gasteiger partial charge in [-0.15, -0.1) is 0 Å². The molecule has 25 heavy (non-hydrogen) atoms. The molecule has 0 fully saturated rings. The van der Waals surface area contributed by atoms with E-state index in [1.807, 2.05) is 24.3 Å². The molecule has 1 N–H and O–H groups in total. The average Bonchev–Trinajstić information content (AvgIpc) is 3.11. The van der Waals surface area contributed by atoms with Crippen LogP contribution in [0.15, 0.2) is 41.6 Å². The molecular weight excluding hydrogens is 326 g/mol. The van der Waals surface area contributed by atoms with E-state index in [2.05, 4.69) is 19.8 Å². The summed E-state index contributed by atoms with van der Waals surface area (Å²) in [5, 5.41) is 4.12. The van der Waals surface area contributed by atoms with Crippen LogP contribution in [0.25, 0.3) is 22.4 Å². The van der Waals surface area contributed by atoms with Crippen molar-refractivity contribution in [3.63, 3.8) is 0 Å². The molecule has 3 aromatic heterocycles. The molecule has 9 heteroatoms. The highest BCUT2D eigenvalue weighted by Gasteiger charge is 2.19. The molecule has 0 unspecified atom stereocenters. The van der Waals surface area contributed by atoms with Gasteiger partial charge in [-0.2, -0.15) is 5.10 Å². The van der Waals surface area contributed by atoms with Gasteiger partial charge < -0.3 is 14.5 Å². The first-order valence-corrected chi connectivity index (χ1v) is 7.39. The minimum atomic E-state index is -0.835. The highest BCUT2D eigenvalue weighted by molar-refractivity contribution is 5.80. The number of aromatic nitrogens is 5. The molecular formula is C16H13N5O4. The summed E-state index contributed by atoms with van der Waals surface area (Å²) in [4.78, 5) is 30.9. The molecule has 3 heterocycles. The largest absolute Gasteiger partial charge is 0.513 e. The smallest absolute Gasteiger partial charge is 0.437 e. The number of carbonyl (C=O) groups is 1. The summed E-state index contributed by atoms with van der Waals surface area (Å²) < 4.78 is 12.6. The van der Waals surface area contributed by atoms with Crippen LogP contribution >= 0.6 is 0 Å². The Kier molecular flexibility index (Phi) is 3.27. The molecule has 9 nitrogen and oxygen atoms in total. The van der Waals surface area contributed by atoms with Crippen LogP contribution < -0.4 is 10.4 Å². The molecule has 0 saturated carbocycles. The Morgan fingerprint density at radius 1 is 1.28 bits per heavy atom. The van der Waals surface area contributed by atoms with Gasteiger partial charge in [-0.1, -0.05) is 12.1 Å². The van der Waals surface area contributed by atoms with Crippen molar-refractivity contribution in [3.8, 4) is 11.6 Å². The fourth-order valence-corrected chi connectivity index (χ4v) is 2.78. The van der Waals surface area contributed by atoms with E-state index in [-0.39, 0.29) is 11.4 Å². The van der Waals surface area contributed by atoms with Gasteiger partial charge in [-0.25, -0.2) is 23.7 Å². The van der Waals surface area contributed by atoms with Crippen molar-refractivity contribution in [2.45, 2.75) is 6.92 Å². The number of fused-ring (bicyclic) bond motifs is 2. The Morgan fingerprint density at radius 2 is 2.08 bits per heavy atom. The van der Waals surface area contributed by atoms with Crippen molar-refractivity contribution in [2.24, 2.45) is 0 Å². The number of methoxy groups -OCH3 is 1. The maximum Gasteiger partial charge on any atom is 0.513 e. The third-order valence-electron chi connectivity index (χ3n) is 3.92. The van der Waals surface area contributed by atoms with E-state index in [1.54, 1.807) is 6.92 Å². The third kappa shape index (κ3) is 2.24. The number of hydrogen-bond donors (Lipinski definition) is 1. The number of aryl methyl sites for hydroxylation is 1. The summed E-state index contributed by atoms with van der Waals surface area (Å²) in [6.45, 7) is 1.75. The fraction of sp³-hybridized carbons (Fsp3) is 0.125. The van der Waals surface area contributed by atoms with Gasteiger partial charge >= 0.3 is 11.8 Å². The summed E-state index contributed by atoms with van der Waals surface area (Å²) in [6, 6.07) is 7.29. The van der Waals surface area contributed by atoms with Crippen molar-refractivity contribution in [2.75, 3.05) is 7.11 Å². The van der Waals surface area contributed by atoms with Crippen LogP contribution in [0.1, 0.15) is 5.56 Å². The van der Waals surface area contributed by atoms with E-state index in [4.69, 9.17) is 4.74 Å². The second-order valence-corrected chi connectivity index (χ2v) is 5.33. The minimum Gasteiger partial charge on any atom is -0.437 e. The van der Waals surface area contributed by atoms with Crippen LogP contribution in [0.5, 0.6) is 5.75 Å². The molecule has 0 bridgehead atoms. The molecule has 0 aliphatic carbocycles. The van der Waals surface area contributed by atoms with Crippen LogP contribution in [0.3, 0.4) is 0 Å². The first kappa shape index (κ1) is 14.9. The molecule has 0 radical (unpaired) electrons. The number of carbonyl (C=O) groups excluding carboxylic acids is 1. The summed E-state index contributed by atoms with van der Waals surface area (Å²) in [5.74, 6) is 0.663. The number of rotatable bonds is 2. The number of para-hydroxylation sites is 2. The number of nitrogens with zero attached hydrogens (tertiary/aromatic N) is 4. The first-order chi connectivity index (χ1) is 12.1. The van der Waals surface area contributed by atoms with Gasteiger partial charge in [0.05, 0.1) is 24.3 Å². The van der Waals surface area contributed by atoms with E-state index in [1.165, 1.54) is 28.7 Å². The summed E-state index contributed by atoms with van der Waals surface area (Å²) in [5.41, 5.74) is 2.22. The fourth-order valence-electron chi connectivity index (χ4n) is 2.78. The Morgan fingerprint density at radius 3 is 2.88 bits per heavy atom. The molecule has 1 aromatic carbocycles. The quantitative estimate of drug-likeness (QED) is 0.559. The van der Waals surface area contributed by atoms with Gasteiger partial charge in [-0.05, 0) is 19.1 Å². The van der Waals surface area contributed by atoms with Crippen LogP contribution in [0.4, 0.5) is 4.79 Å².